The fraction of sp³-hybridized carbons (Fsp3) is 0.647. The maximum absolute atomic E-state index is 11.7. The Morgan fingerprint density at radius 3 is 2.74 bits per heavy atom. The van der Waals surface area contributed by atoms with E-state index in [1.807, 2.05) is 26.8 Å². The highest BCUT2D eigenvalue weighted by Gasteiger charge is 2.17. The van der Waals surface area contributed by atoms with Crippen molar-refractivity contribution in [2.24, 2.45) is 0 Å². The predicted molar refractivity (Wildman–Crippen MR) is 92.9 cm³/mol. The molecule has 1 saturated heterocycles. The van der Waals surface area contributed by atoms with Crippen LogP contribution in [0.2, 0.25) is 0 Å². The zero-order valence-corrected chi connectivity index (χ0v) is 14.6. The van der Waals surface area contributed by atoms with Crippen LogP contribution in [0.4, 0.5) is 16.3 Å². The van der Waals surface area contributed by atoms with Gasteiger partial charge in [-0.3, -0.25) is 5.32 Å². The number of hydrogen-bond acceptors (Lipinski definition) is 5. The van der Waals surface area contributed by atoms with Gasteiger partial charge in [-0.15, -0.1) is 0 Å². The quantitative estimate of drug-likeness (QED) is 0.894. The SMILES string of the molecule is CN1CCCC(Nc2ccc(NC(=O)OC(C)(C)C)nc2)CC1. The summed E-state index contributed by atoms with van der Waals surface area (Å²) in [5.74, 6) is 0.491. The third-order valence-corrected chi connectivity index (χ3v) is 3.71. The first-order chi connectivity index (χ1) is 10.8. The Morgan fingerprint density at radius 2 is 2.09 bits per heavy atom. The van der Waals surface area contributed by atoms with Gasteiger partial charge in [0.25, 0.3) is 0 Å². The van der Waals surface area contributed by atoms with Gasteiger partial charge in [-0.2, -0.15) is 0 Å². The Labute approximate surface area is 138 Å². The van der Waals surface area contributed by atoms with Crippen molar-refractivity contribution >= 4 is 17.6 Å². The van der Waals surface area contributed by atoms with Crippen LogP contribution >= 0.6 is 0 Å². The molecule has 2 rings (SSSR count). The Hall–Kier alpha value is -1.82. The van der Waals surface area contributed by atoms with Crippen LogP contribution in [0.3, 0.4) is 0 Å². The van der Waals surface area contributed by atoms with Gasteiger partial charge in [-0.25, -0.2) is 9.78 Å². The monoisotopic (exact) mass is 320 g/mol. The molecule has 1 fully saturated rings. The van der Waals surface area contributed by atoms with Crippen molar-refractivity contribution in [3.05, 3.63) is 18.3 Å². The lowest BCUT2D eigenvalue weighted by Gasteiger charge is -2.20. The molecule has 0 saturated carbocycles. The van der Waals surface area contributed by atoms with Crippen LogP contribution in [0.15, 0.2) is 18.3 Å². The minimum atomic E-state index is -0.516. The number of anilines is 2. The van der Waals surface area contributed by atoms with Gasteiger partial charge in [-0.1, -0.05) is 0 Å². The Morgan fingerprint density at radius 1 is 1.30 bits per heavy atom. The molecule has 0 bridgehead atoms. The first-order valence-corrected chi connectivity index (χ1v) is 8.23. The van der Waals surface area contributed by atoms with E-state index in [4.69, 9.17) is 4.74 Å². The summed E-state index contributed by atoms with van der Waals surface area (Å²) in [5, 5.41) is 6.17. The summed E-state index contributed by atoms with van der Waals surface area (Å²) < 4.78 is 5.21. The van der Waals surface area contributed by atoms with E-state index >= 15 is 0 Å². The molecule has 2 heterocycles. The van der Waals surface area contributed by atoms with Gasteiger partial charge in [0.15, 0.2) is 0 Å². The van der Waals surface area contributed by atoms with Crippen molar-refractivity contribution in [3.63, 3.8) is 0 Å². The molecule has 1 amide bonds. The number of hydrogen-bond donors (Lipinski definition) is 2. The summed E-state index contributed by atoms with van der Waals surface area (Å²) >= 11 is 0. The van der Waals surface area contributed by atoms with E-state index in [0.29, 0.717) is 11.9 Å². The van der Waals surface area contributed by atoms with Crippen molar-refractivity contribution in [2.45, 2.75) is 51.7 Å². The van der Waals surface area contributed by atoms with Crippen LogP contribution in [-0.4, -0.2) is 47.8 Å². The van der Waals surface area contributed by atoms with Crippen molar-refractivity contribution in [3.8, 4) is 0 Å². The van der Waals surface area contributed by atoms with Crippen LogP contribution < -0.4 is 10.6 Å². The number of carbonyl (C=O) groups is 1. The highest BCUT2D eigenvalue weighted by Crippen LogP contribution is 2.17. The Kier molecular flexibility index (Phi) is 5.82. The Balaban J connectivity index is 1.85. The number of nitrogens with zero attached hydrogens (tertiary/aromatic N) is 2. The number of pyridine rings is 1. The van der Waals surface area contributed by atoms with Gasteiger partial charge in [-0.05, 0) is 72.3 Å². The van der Waals surface area contributed by atoms with Crippen LogP contribution in [0.1, 0.15) is 40.0 Å². The van der Waals surface area contributed by atoms with Crippen LogP contribution in [0.25, 0.3) is 0 Å². The molecular formula is C17H28N4O2. The average molecular weight is 320 g/mol. The van der Waals surface area contributed by atoms with E-state index in [0.717, 1.165) is 25.2 Å². The van der Waals surface area contributed by atoms with Crippen molar-refractivity contribution in [1.29, 1.82) is 0 Å². The van der Waals surface area contributed by atoms with Crippen molar-refractivity contribution in [2.75, 3.05) is 30.8 Å². The molecule has 128 valence electrons. The lowest BCUT2D eigenvalue weighted by atomic mass is 10.1. The average Bonchev–Trinajstić information content (AvgIpc) is 2.64. The standard InChI is InChI=1S/C17H28N4O2/c1-17(2,3)23-16(22)20-15-8-7-14(12-18-15)19-13-6-5-10-21(4)11-9-13/h7-8,12-13,19H,5-6,9-11H2,1-4H3,(H,18,20,22). The summed E-state index contributed by atoms with van der Waals surface area (Å²) in [5.41, 5.74) is 0.465. The molecule has 1 aliphatic rings. The molecule has 1 aromatic heterocycles. The Bertz CT molecular complexity index is 510. The fourth-order valence-electron chi connectivity index (χ4n) is 2.58. The maximum Gasteiger partial charge on any atom is 0.413 e. The van der Waals surface area contributed by atoms with Gasteiger partial charge in [0.2, 0.25) is 0 Å². The molecule has 1 unspecified atom stereocenters. The first kappa shape index (κ1) is 17.5. The smallest absolute Gasteiger partial charge is 0.413 e. The highest BCUT2D eigenvalue weighted by atomic mass is 16.6. The highest BCUT2D eigenvalue weighted by molar-refractivity contribution is 5.83. The lowest BCUT2D eigenvalue weighted by molar-refractivity contribution is 0.0635. The molecule has 0 aromatic carbocycles. The van der Waals surface area contributed by atoms with E-state index in [1.54, 1.807) is 12.3 Å². The summed E-state index contributed by atoms with van der Waals surface area (Å²) in [6.07, 6.45) is 4.77. The maximum atomic E-state index is 11.7. The van der Waals surface area contributed by atoms with E-state index in [9.17, 15) is 4.79 Å². The van der Waals surface area contributed by atoms with E-state index in [2.05, 4.69) is 27.6 Å². The predicted octanol–water partition coefficient (Wildman–Crippen LogP) is 3.32. The van der Waals surface area contributed by atoms with Gasteiger partial charge in [0.05, 0.1) is 11.9 Å². The zero-order valence-electron chi connectivity index (χ0n) is 14.6. The molecule has 1 aliphatic heterocycles. The topological polar surface area (TPSA) is 66.5 Å². The largest absolute Gasteiger partial charge is 0.444 e. The summed E-state index contributed by atoms with van der Waals surface area (Å²) in [4.78, 5) is 18.3. The van der Waals surface area contributed by atoms with Crippen molar-refractivity contribution in [1.82, 2.24) is 9.88 Å². The molecule has 0 radical (unpaired) electrons. The molecule has 6 nitrogen and oxygen atoms in total. The number of amides is 1. The van der Waals surface area contributed by atoms with Gasteiger partial charge in [0, 0.05) is 6.04 Å². The van der Waals surface area contributed by atoms with Crippen LogP contribution in [-0.2, 0) is 4.74 Å². The molecule has 1 atom stereocenters. The summed E-state index contributed by atoms with van der Waals surface area (Å²) in [6, 6.07) is 4.20. The van der Waals surface area contributed by atoms with E-state index < -0.39 is 11.7 Å². The molecule has 2 N–H and O–H groups in total. The summed E-state index contributed by atoms with van der Waals surface area (Å²) in [6.45, 7) is 7.77. The molecular weight excluding hydrogens is 292 g/mol. The van der Waals surface area contributed by atoms with Gasteiger partial charge < -0.3 is 15.0 Å². The number of ether oxygens (including phenoxy) is 1. The van der Waals surface area contributed by atoms with E-state index in [1.165, 1.54) is 12.8 Å². The summed E-state index contributed by atoms with van der Waals surface area (Å²) in [7, 11) is 2.17. The van der Waals surface area contributed by atoms with Crippen LogP contribution in [0.5, 0.6) is 0 Å². The number of carbonyl (C=O) groups excluding carboxylic acids is 1. The van der Waals surface area contributed by atoms with E-state index in [-0.39, 0.29) is 0 Å². The number of likely N-dealkylation sites (tertiary alicyclic amines) is 1. The number of rotatable bonds is 3. The second kappa shape index (κ2) is 7.64. The number of aromatic nitrogens is 1. The first-order valence-electron chi connectivity index (χ1n) is 8.23. The third kappa shape index (κ3) is 6.44. The number of nitrogens with one attached hydrogen (secondary N) is 2. The third-order valence-electron chi connectivity index (χ3n) is 3.71. The van der Waals surface area contributed by atoms with Gasteiger partial charge >= 0.3 is 6.09 Å². The second-order valence-corrected chi connectivity index (χ2v) is 7.13. The van der Waals surface area contributed by atoms with Crippen LogP contribution in [0, 0.1) is 0 Å². The lowest BCUT2D eigenvalue weighted by Crippen LogP contribution is -2.27. The van der Waals surface area contributed by atoms with Crippen molar-refractivity contribution < 1.29 is 9.53 Å². The molecule has 0 spiro atoms. The second-order valence-electron chi connectivity index (χ2n) is 7.13. The fourth-order valence-corrected chi connectivity index (χ4v) is 2.58. The minimum Gasteiger partial charge on any atom is -0.444 e. The zero-order chi connectivity index (χ0) is 16.9. The molecule has 23 heavy (non-hydrogen) atoms. The normalized spacial score (nSPS) is 19.7. The molecule has 1 aromatic rings. The minimum absolute atomic E-state index is 0.478. The molecule has 0 aliphatic carbocycles. The molecule has 6 heteroatoms. The van der Waals surface area contributed by atoms with Gasteiger partial charge in [0.1, 0.15) is 11.4 Å².